The Morgan fingerprint density at radius 2 is 2.16 bits per heavy atom. The van der Waals surface area contributed by atoms with Gasteiger partial charge in [-0.1, -0.05) is 19.3 Å². The summed E-state index contributed by atoms with van der Waals surface area (Å²) in [5.41, 5.74) is 6.80. The number of aromatic nitrogens is 2. The minimum atomic E-state index is 0.0196. The number of carbonyl (C=O) groups is 1. The first-order valence-corrected chi connectivity index (χ1v) is 7.02. The summed E-state index contributed by atoms with van der Waals surface area (Å²) in [5.74, 6) is 0.139. The van der Waals surface area contributed by atoms with E-state index in [0.29, 0.717) is 13.0 Å². The highest BCUT2D eigenvalue weighted by Gasteiger charge is 2.34. The molecular formula is C14H24N4O. The van der Waals surface area contributed by atoms with Gasteiger partial charge in [-0.25, -0.2) is 0 Å². The normalized spacial score (nSPS) is 18.3. The maximum Gasteiger partial charge on any atom is 0.227 e. The second-order valence-electron chi connectivity index (χ2n) is 5.77. The first kappa shape index (κ1) is 14.1. The SMILES string of the molecule is CN(C(=O)CC1(CN)CCCCC1)c1cnn(C)c1. The zero-order valence-electron chi connectivity index (χ0n) is 11.9. The lowest BCUT2D eigenvalue weighted by molar-refractivity contribution is -0.121. The molecule has 19 heavy (non-hydrogen) atoms. The topological polar surface area (TPSA) is 64.2 Å². The number of hydrogen-bond donors (Lipinski definition) is 1. The number of nitrogens with two attached hydrogens (primary N) is 1. The summed E-state index contributed by atoms with van der Waals surface area (Å²) in [6.45, 7) is 0.611. The second-order valence-corrected chi connectivity index (χ2v) is 5.77. The quantitative estimate of drug-likeness (QED) is 0.900. The molecule has 0 spiro atoms. The summed E-state index contributed by atoms with van der Waals surface area (Å²) in [6.07, 6.45) is 9.94. The van der Waals surface area contributed by atoms with Crippen LogP contribution in [0, 0.1) is 5.41 Å². The minimum absolute atomic E-state index is 0.0196. The standard InChI is InChI=1S/C14H24N4O/c1-17-10-12(9-16-17)18(2)13(19)8-14(11-15)6-4-3-5-7-14/h9-10H,3-8,11,15H2,1-2H3. The van der Waals surface area contributed by atoms with E-state index in [0.717, 1.165) is 18.5 Å². The lowest BCUT2D eigenvalue weighted by Gasteiger charge is -2.36. The molecular weight excluding hydrogens is 240 g/mol. The number of nitrogens with zero attached hydrogens (tertiary/aromatic N) is 3. The molecule has 1 aromatic rings. The van der Waals surface area contributed by atoms with Gasteiger partial charge >= 0.3 is 0 Å². The molecule has 1 aromatic heterocycles. The molecule has 5 heteroatoms. The van der Waals surface area contributed by atoms with E-state index >= 15 is 0 Å². The molecule has 2 rings (SSSR count). The molecule has 0 radical (unpaired) electrons. The monoisotopic (exact) mass is 264 g/mol. The van der Waals surface area contributed by atoms with Crippen molar-refractivity contribution < 1.29 is 4.79 Å². The number of aryl methyl sites for hydroxylation is 1. The highest BCUT2D eigenvalue weighted by atomic mass is 16.2. The lowest BCUT2D eigenvalue weighted by Crippen LogP contribution is -2.39. The molecule has 1 aliphatic carbocycles. The third kappa shape index (κ3) is 3.15. The van der Waals surface area contributed by atoms with Gasteiger partial charge in [0.05, 0.1) is 11.9 Å². The van der Waals surface area contributed by atoms with Crippen molar-refractivity contribution in [2.45, 2.75) is 38.5 Å². The van der Waals surface area contributed by atoms with Gasteiger partial charge in [0.15, 0.2) is 0 Å². The summed E-state index contributed by atoms with van der Waals surface area (Å²) >= 11 is 0. The van der Waals surface area contributed by atoms with E-state index in [1.165, 1.54) is 19.3 Å². The zero-order valence-corrected chi connectivity index (χ0v) is 11.9. The van der Waals surface area contributed by atoms with Crippen LogP contribution < -0.4 is 10.6 Å². The van der Waals surface area contributed by atoms with Crippen LogP contribution in [0.15, 0.2) is 12.4 Å². The maximum atomic E-state index is 12.4. The Labute approximate surface area is 114 Å². The van der Waals surface area contributed by atoms with E-state index in [2.05, 4.69) is 5.10 Å². The number of anilines is 1. The smallest absolute Gasteiger partial charge is 0.227 e. The van der Waals surface area contributed by atoms with Crippen LogP contribution in [0.25, 0.3) is 0 Å². The Balaban J connectivity index is 2.03. The minimum Gasteiger partial charge on any atom is -0.330 e. The van der Waals surface area contributed by atoms with Crippen LogP contribution in [0.5, 0.6) is 0 Å². The van der Waals surface area contributed by atoms with E-state index in [1.54, 1.807) is 15.8 Å². The highest BCUT2D eigenvalue weighted by molar-refractivity contribution is 5.92. The highest BCUT2D eigenvalue weighted by Crippen LogP contribution is 2.38. The summed E-state index contributed by atoms with van der Waals surface area (Å²) in [6, 6.07) is 0. The summed E-state index contributed by atoms with van der Waals surface area (Å²) in [5, 5.41) is 4.10. The van der Waals surface area contributed by atoms with Crippen molar-refractivity contribution in [3.8, 4) is 0 Å². The average molecular weight is 264 g/mol. The van der Waals surface area contributed by atoms with Crippen LogP contribution in [0.4, 0.5) is 5.69 Å². The molecule has 0 aromatic carbocycles. The molecule has 1 aliphatic rings. The van der Waals surface area contributed by atoms with Gasteiger partial charge in [0, 0.05) is 26.7 Å². The molecule has 1 heterocycles. The van der Waals surface area contributed by atoms with Crippen molar-refractivity contribution in [2.24, 2.45) is 18.2 Å². The fourth-order valence-electron chi connectivity index (χ4n) is 2.92. The van der Waals surface area contributed by atoms with Crippen molar-refractivity contribution in [1.29, 1.82) is 0 Å². The van der Waals surface area contributed by atoms with E-state index < -0.39 is 0 Å². The van der Waals surface area contributed by atoms with E-state index in [4.69, 9.17) is 5.73 Å². The second kappa shape index (κ2) is 5.74. The first-order chi connectivity index (χ1) is 9.06. The van der Waals surface area contributed by atoms with Crippen molar-refractivity contribution in [2.75, 3.05) is 18.5 Å². The van der Waals surface area contributed by atoms with Gasteiger partial charge in [0.2, 0.25) is 5.91 Å². The third-order valence-electron chi connectivity index (χ3n) is 4.33. The van der Waals surface area contributed by atoms with Crippen LogP contribution in [0.2, 0.25) is 0 Å². The van der Waals surface area contributed by atoms with Crippen molar-refractivity contribution in [1.82, 2.24) is 9.78 Å². The third-order valence-corrected chi connectivity index (χ3v) is 4.33. The molecule has 1 fully saturated rings. The molecule has 0 aliphatic heterocycles. The Morgan fingerprint density at radius 1 is 1.47 bits per heavy atom. The zero-order chi connectivity index (χ0) is 13.9. The van der Waals surface area contributed by atoms with E-state index in [9.17, 15) is 4.79 Å². The van der Waals surface area contributed by atoms with Gasteiger partial charge < -0.3 is 10.6 Å². The first-order valence-electron chi connectivity index (χ1n) is 7.02. The van der Waals surface area contributed by atoms with Crippen LogP contribution in [-0.2, 0) is 11.8 Å². The van der Waals surface area contributed by atoms with Gasteiger partial charge in [0.25, 0.3) is 0 Å². The van der Waals surface area contributed by atoms with Gasteiger partial charge in [-0.3, -0.25) is 9.48 Å². The molecule has 1 amide bonds. The summed E-state index contributed by atoms with van der Waals surface area (Å²) in [7, 11) is 3.66. The Morgan fingerprint density at radius 3 is 2.68 bits per heavy atom. The van der Waals surface area contributed by atoms with Gasteiger partial charge in [-0.05, 0) is 24.8 Å². The van der Waals surface area contributed by atoms with Gasteiger partial charge in [-0.15, -0.1) is 0 Å². The molecule has 1 saturated carbocycles. The van der Waals surface area contributed by atoms with Crippen LogP contribution in [-0.4, -0.2) is 29.3 Å². The van der Waals surface area contributed by atoms with Gasteiger partial charge in [-0.2, -0.15) is 5.10 Å². The van der Waals surface area contributed by atoms with Crippen LogP contribution in [0.3, 0.4) is 0 Å². The predicted octanol–water partition coefficient (Wildman–Crippen LogP) is 1.68. The fraction of sp³-hybridized carbons (Fsp3) is 0.714. The van der Waals surface area contributed by atoms with E-state index in [-0.39, 0.29) is 11.3 Å². The van der Waals surface area contributed by atoms with Crippen LogP contribution >= 0.6 is 0 Å². The van der Waals surface area contributed by atoms with Gasteiger partial charge in [0.1, 0.15) is 0 Å². The molecule has 0 bridgehead atoms. The Hall–Kier alpha value is -1.36. The number of amides is 1. The molecule has 106 valence electrons. The Kier molecular flexibility index (Phi) is 4.24. The summed E-state index contributed by atoms with van der Waals surface area (Å²) < 4.78 is 1.71. The lowest BCUT2D eigenvalue weighted by atomic mass is 9.71. The molecule has 2 N–H and O–H groups in total. The van der Waals surface area contributed by atoms with Crippen molar-refractivity contribution in [3.63, 3.8) is 0 Å². The molecule has 5 nitrogen and oxygen atoms in total. The molecule has 0 saturated heterocycles. The number of hydrogen-bond acceptors (Lipinski definition) is 3. The average Bonchev–Trinajstić information content (AvgIpc) is 2.85. The number of carbonyl (C=O) groups excluding carboxylic acids is 1. The largest absolute Gasteiger partial charge is 0.330 e. The van der Waals surface area contributed by atoms with Crippen LogP contribution in [0.1, 0.15) is 38.5 Å². The molecule has 0 unspecified atom stereocenters. The molecule has 0 atom stereocenters. The maximum absolute atomic E-state index is 12.4. The number of rotatable bonds is 4. The predicted molar refractivity (Wildman–Crippen MR) is 75.8 cm³/mol. The Bertz CT molecular complexity index is 434. The van der Waals surface area contributed by atoms with Crippen molar-refractivity contribution >= 4 is 11.6 Å². The summed E-state index contributed by atoms with van der Waals surface area (Å²) in [4.78, 5) is 14.1. The van der Waals surface area contributed by atoms with E-state index in [1.807, 2.05) is 20.3 Å². The van der Waals surface area contributed by atoms with Crippen molar-refractivity contribution in [3.05, 3.63) is 12.4 Å². The fourth-order valence-corrected chi connectivity index (χ4v) is 2.92.